The number of sulfonamides is 1. The summed E-state index contributed by atoms with van der Waals surface area (Å²) < 4.78 is 26.1. The van der Waals surface area contributed by atoms with E-state index in [4.69, 9.17) is 5.73 Å². The molecule has 18 heavy (non-hydrogen) atoms. The minimum Gasteiger partial charge on any atom is -0.326 e. The van der Waals surface area contributed by atoms with E-state index < -0.39 is 10.0 Å². The quantitative estimate of drug-likeness (QED) is 0.826. The topological polar surface area (TPSA) is 63.4 Å². The molecule has 0 bridgehead atoms. The van der Waals surface area contributed by atoms with E-state index in [2.05, 4.69) is 6.58 Å². The Bertz CT molecular complexity index is 550. The van der Waals surface area contributed by atoms with Gasteiger partial charge in [0.1, 0.15) is 0 Å². The van der Waals surface area contributed by atoms with E-state index in [0.717, 1.165) is 11.1 Å². The summed E-state index contributed by atoms with van der Waals surface area (Å²) in [5, 5.41) is 0. The lowest BCUT2D eigenvalue weighted by Crippen LogP contribution is -2.29. The number of nitrogens with two attached hydrogens (primary N) is 1. The fraction of sp³-hybridized carbons (Fsp3) is 0.385. The molecule has 0 aliphatic heterocycles. The number of hydrogen-bond donors (Lipinski definition) is 1. The predicted molar refractivity (Wildman–Crippen MR) is 73.7 cm³/mol. The average molecular weight is 268 g/mol. The number of likely N-dealkylation sites (N-methyl/N-ethyl adjacent to an activating group) is 1. The highest BCUT2D eigenvalue weighted by molar-refractivity contribution is 7.89. The highest BCUT2D eigenvalue weighted by atomic mass is 32.2. The average Bonchev–Trinajstić information content (AvgIpc) is 2.28. The van der Waals surface area contributed by atoms with Gasteiger partial charge in [-0.15, -0.1) is 0 Å². The summed E-state index contributed by atoms with van der Waals surface area (Å²) >= 11 is 0. The molecule has 0 amide bonds. The van der Waals surface area contributed by atoms with Crippen LogP contribution >= 0.6 is 0 Å². The van der Waals surface area contributed by atoms with E-state index in [1.807, 2.05) is 6.07 Å². The van der Waals surface area contributed by atoms with Gasteiger partial charge >= 0.3 is 0 Å². The Hall–Kier alpha value is -1.17. The Kier molecular flexibility index (Phi) is 4.67. The minimum absolute atomic E-state index is 0.314. The second-order valence-electron chi connectivity index (χ2n) is 4.46. The summed E-state index contributed by atoms with van der Waals surface area (Å²) in [4.78, 5) is 0.314. The zero-order chi connectivity index (χ0) is 13.9. The molecule has 0 saturated carbocycles. The first-order valence-corrected chi connectivity index (χ1v) is 7.14. The molecule has 0 spiro atoms. The SMILES string of the molecule is C=C(C)CN(C)S(=O)(=O)c1cccc(CN)c1C. The molecule has 0 atom stereocenters. The fourth-order valence-corrected chi connectivity index (χ4v) is 3.29. The van der Waals surface area contributed by atoms with Gasteiger partial charge in [-0.2, -0.15) is 4.31 Å². The third-order valence-electron chi connectivity index (χ3n) is 2.80. The second kappa shape index (κ2) is 5.65. The van der Waals surface area contributed by atoms with E-state index in [0.29, 0.717) is 23.5 Å². The molecule has 0 aliphatic rings. The van der Waals surface area contributed by atoms with Crippen LogP contribution in [0.4, 0.5) is 0 Å². The van der Waals surface area contributed by atoms with E-state index in [9.17, 15) is 8.42 Å². The Morgan fingerprint density at radius 1 is 1.44 bits per heavy atom. The molecule has 0 radical (unpaired) electrons. The summed E-state index contributed by atoms with van der Waals surface area (Å²) in [6, 6.07) is 5.17. The molecule has 0 saturated heterocycles. The van der Waals surface area contributed by atoms with Crippen LogP contribution in [0.15, 0.2) is 35.2 Å². The molecule has 4 nitrogen and oxygen atoms in total. The van der Waals surface area contributed by atoms with E-state index >= 15 is 0 Å². The van der Waals surface area contributed by atoms with Crippen molar-refractivity contribution < 1.29 is 8.42 Å². The van der Waals surface area contributed by atoms with Crippen molar-refractivity contribution in [1.29, 1.82) is 0 Å². The normalized spacial score (nSPS) is 11.8. The molecule has 1 aromatic carbocycles. The smallest absolute Gasteiger partial charge is 0.243 e. The maximum Gasteiger partial charge on any atom is 0.243 e. The van der Waals surface area contributed by atoms with Gasteiger partial charge in [0, 0.05) is 20.1 Å². The van der Waals surface area contributed by atoms with E-state index in [-0.39, 0.29) is 0 Å². The molecule has 1 rings (SSSR count). The van der Waals surface area contributed by atoms with Crippen molar-refractivity contribution in [3.63, 3.8) is 0 Å². The van der Waals surface area contributed by atoms with Gasteiger partial charge < -0.3 is 5.73 Å². The largest absolute Gasteiger partial charge is 0.326 e. The standard InChI is InChI=1S/C13H20N2O2S/c1-10(2)9-15(4)18(16,17)13-7-5-6-12(8-14)11(13)3/h5-7H,1,8-9,14H2,2-4H3. The molecule has 100 valence electrons. The second-order valence-corrected chi connectivity index (χ2v) is 6.48. The van der Waals surface area contributed by atoms with Gasteiger partial charge in [0.2, 0.25) is 10.0 Å². The lowest BCUT2D eigenvalue weighted by atomic mass is 10.1. The van der Waals surface area contributed by atoms with Gasteiger partial charge in [-0.1, -0.05) is 24.3 Å². The van der Waals surface area contributed by atoms with Gasteiger partial charge in [-0.25, -0.2) is 8.42 Å². The Labute approximate surface area is 109 Å². The van der Waals surface area contributed by atoms with Crippen LogP contribution in [0.2, 0.25) is 0 Å². The maximum absolute atomic E-state index is 12.4. The molecule has 1 aromatic rings. The van der Waals surface area contributed by atoms with Gasteiger partial charge in [0.15, 0.2) is 0 Å². The van der Waals surface area contributed by atoms with Crippen molar-refractivity contribution in [2.24, 2.45) is 5.73 Å². The van der Waals surface area contributed by atoms with E-state index in [1.165, 1.54) is 4.31 Å². The van der Waals surface area contributed by atoms with Crippen LogP contribution in [0, 0.1) is 6.92 Å². The molecule has 0 heterocycles. The van der Waals surface area contributed by atoms with Crippen molar-refractivity contribution in [3.05, 3.63) is 41.5 Å². The minimum atomic E-state index is -3.48. The molecular weight excluding hydrogens is 248 g/mol. The highest BCUT2D eigenvalue weighted by Crippen LogP contribution is 2.22. The third-order valence-corrected chi connectivity index (χ3v) is 4.74. The summed E-state index contributed by atoms with van der Waals surface area (Å²) in [6.07, 6.45) is 0. The van der Waals surface area contributed by atoms with Gasteiger partial charge in [0.05, 0.1) is 4.90 Å². The van der Waals surface area contributed by atoms with Gasteiger partial charge in [-0.3, -0.25) is 0 Å². The van der Waals surface area contributed by atoms with Crippen LogP contribution < -0.4 is 5.73 Å². The Balaban J connectivity index is 3.24. The van der Waals surface area contributed by atoms with Gasteiger partial charge in [0.25, 0.3) is 0 Å². The number of rotatable bonds is 5. The van der Waals surface area contributed by atoms with Crippen molar-refractivity contribution in [1.82, 2.24) is 4.31 Å². The molecule has 0 aliphatic carbocycles. The predicted octanol–water partition coefficient (Wildman–Crippen LogP) is 1.65. The number of benzene rings is 1. The van der Waals surface area contributed by atoms with Gasteiger partial charge in [-0.05, 0) is 31.0 Å². The highest BCUT2D eigenvalue weighted by Gasteiger charge is 2.23. The van der Waals surface area contributed by atoms with Crippen LogP contribution in [0.1, 0.15) is 18.1 Å². The van der Waals surface area contributed by atoms with Crippen LogP contribution in [-0.4, -0.2) is 26.3 Å². The van der Waals surface area contributed by atoms with Crippen molar-refractivity contribution >= 4 is 10.0 Å². The fourth-order valence-electron chi connectivity index (χ4n) is 1.79. The first-order chi connectivity index (χ1) is 8.30. The Morgan fingerprint density at radius 2 is 2.06 bits per heavy atom. The molecule has 0 unspecified atom stereocenters. The summed E-state index contributed by atoms with van der Waals surface area (Å²) in [7, 11) is -1.93. The van der Waals surface area contributed by atoms with E-state index in [1.54, 1.807) is 33.0 Å². The summed E-state index contributed by atoms with van der Waals surface area (Å²) in [6.45, 7) is 7.96. The van der Waals surface area contributed by atoms with Crippen LogP contribution in [0.5, 0.6) is 0 Å². The zero-order valence-electron chi connectivity index (χ0n) is 11.1. The maximum atomic E-state index is 12.4. The summed E-state index contributed by atoms with van der Waals surface area (Å²) in [5.41, 5.74) is 7.96. The zero-order valence-corrected chi connectivity index (χ0v) is 11.9. The first kappa shape index (κ1) is 14.9. The van der Waals surface area contributed by atoms with Crippen LogP contribution in [0.25, 0.3) is 0 Å². The molecule has 0 aromatic heterocycles. The van der Waals surface area contributed by atoms with Crippen molar-refractivity contribution in [3.8, 4) is 0 Å². The third kappa shape index (κ3) is 2.98. The molecule has 0 fully saturated rings. The lowest BCUT2D eigenvalue weighted by molar-refractivity contribution is 0.492. The van der Waals surface area contributed by atoms with Crippen molar-refractivity contribution in [2.75, 3.05) is 13.6 Å². The first-order valence-electron chi connectivity index (χ1n) is 5.70. The van der Waals surface area contributed by atoms with Crippen molar-refractivity contribution in [2.45, 2.75) is 25.3 Å². The Morgan fingerprint density at radius 3 is 2.56 bits per heavy atom. The lowest BCUT2D eigenvalue weighted by Gasteiger charge is -2.19. The summed E-state index contributed by atoms with van der Waals surface area (Å²) in [5.74, 6) is 0. The number of nitrogens with zero attached hydrogens (tertiary/aromatic N) is 1. The monoisotopic (exact) mass is 268 g/mol. The van der Waals surface area contributed by atoms with Crippen LogP contribution in [0.3, 0.4) is 0 Å². The number of hydrogen-bond acceptors (Lipinski definition) is 3. The molecule has 2 N–H and O–H groups in total. The molecular formula is C13H20N2O2S. The van der Waals surface area contributed by atoms with Crippen LogP contribution in [-0.2, 0) is 16.6 Å². The molecule has 5 heteroatoms.